The summed E-state index contributed by atoms with van der Waals surface area (Å²) >= 11 is 0. The molecule has 0 bridgehead atoms. The van der Waals surface area contributed by atoms with Crippen molar-refractivity contribution in [2.45, 2.75) is 25.8 Å². The van der Waals surface area contributed by atoms with E-state index in [-0.39, 0.29) is 23.7 Å². The zero-order valence-electron chi connectivity index (χ0n) is 10.6. The zero-order chi connectivity index (χ0) is 13.0. The fourth-order valence-electron chi connectivity index (χ4n) is 2.27. The maximum absolute atomic E-state index is 13.1. The van der Waals surface area contributed by atoms with Crippen LogP contribution in [0.5, 0.6) is 0 Å². The van der Waals surface area contributed by atoms with Crippen molar-refractivity contribution in [2.24, 2.45) is 5.92 Å². The van der Waals surface area contributed by atoms with Crippen molar-refractivity contribution in [3.05, 3.63) is 35.6 Å². The van der Waals surface area contributed by atoms with E-state index < -0.39 is 0 Å². The Morgan fingerprint density at radius 2 is 2.39 bits per heavy atom. The van der Waals surface area contributed by atoms with Gasteiger partial charge in [-0.1, -0.05) is 12.1 Å². The highest BCUT2D eigenvalue weighted by Gasteiger charge is 2.22. The Labute approximate surface area is 107 Å². The van der Waals surface area contributed by atoms with Gasteiger partial charge in [0.15, 0.2) is 0 Å². The topological polar surface area (TPSA) is 41.1 Å². The van der Waals surface area contributed by atoms with Crippen molar-refractivity contribution in [1.82, 2.24) is 10.6 Å². The Balaban J connectivity index is 1.94. The molecule has 2 atom stereocenters. The summed E-state index contributed by atoms with van der Waals surface area (Å²) in [6, 6.07) is 6.20. The predicted octanol–water partition coefficient (Wildman–Crippen LogP) is 2.00. The minimum atomic E-state index is -0.270. The molecule has 0 aromatic heterocycles. The number of piperidine rings is 1. The Kier molecular flexibility index (Phi) is 4.31. The van der Waals surface area contributed by atoms with Gasteiger partial charge in [0.2, 0.25) is 5.91 Å². The minimum absolute atomic E-state index is 0.0368. The van der Waals surface area contributed by atoms with Crippen molar-refractivity contribution in [3.8, 4) is 0 Å². The maximum Gasteiger partial charge on any atom is 0.224 e. The molecule has 0 radical (unpaired) electrons. The largest absolute Gasteiger partial charge is 0.349 e. The molecule has 3 nitrogen and oxygen atoms in total. The van der Waals surface area contributed by atoms with Gasteiger partial charge >= 0.3 is 0 Å². The molecule has 1 aromatic carbocycles. The molecule has 1 saturated heterocycles. The molecule has 1 fully saturated rings. The number of halogens is 1. The molecule has 0 aliphatic carbocycles. The van der Waals surface area contributed by atoms with Gasteiger partial charge in [-0.25, -0.2) is 4.39 Å². The molecule has 2 rings (SSSR count). The first-order valence-electron chi connectivity index (χ1n) is 6.43. The lowest BCUT2D eigenvalue weighted by Gasteiger charge is -2.24. The van der Waals surface area contributed by atoms with Crippen LogP contribution in [0.2, 0.25) is 0 Å². The first kappa shape index (κ1) is 13.0. The van der Waals surface area contributed by atoms with E-state index in [9.17, 15) is 9.18 Å². The number of hydrogen-bond donors (Lipinski definition) is 2. The number of rotatable bonds is 3. The van der Waals surface area contributed by atoms with Crippen molar-refractivity contribution in [2.75, 3.05) is 13.1 Å². The Bertz CT molecular complexity index is 416. The molecule has 1 aliphatic rings. The molecule has 1 aliphatic heterocycles. The van der Waals surface area contributed by atoms with Crippen molar-refractivity contribution in [3.63, 3.8) is 0 Å². The standard InChI is InChI=1S/C14H19FN2O/c1-10(11-4-2-6-13(15)8-11)17-14(18)12-5-3-7-16-9-12/h2,4,6,8,10,12,16H,3,5,7,9H2,1H3,(H,17,18)/t10-,12?/m1/s1. The van der Waals surface area contributed by atoms with Crippen LogP contribution in [0, 0.1) is 11.7 Å². The van der Waals surface area contributed by atoms with Crippen molar-refractivity contribution >= 4 is 5.91 Å². The average molecular weight is 250 g/mol. The molecule has 18 heavy (non-hydrogen) atoms. The first-order chi connectivity index (χ1) is 8.66. The molecule has 4 heteroatoms. The van der Waals surface area contributed by atoms with E-state index in [0.717, 1.165) is 31.5 Å². The maximum atomic E-state index is 13.1. The van der Waals surface area contributed by atoms with Crippen LogP contribution in [0.25, 0.3) is 0 Å². The summed E-state index contributed by atoms with van der Waals surface area (Å²) in [6.45, 7) is 3.61. The number of carbonyl (C=O) groups excluding carboxylic acids is 1. The molecular formula is C14H19FN2O. The number of benzene rings is 1. The molecule has 1 heterocycles. The molecule has 1 amide bonds. The van der Waals surface area contributed by atoms with Crippen molar-refractivity contribution in [1.29, 1.82) is 0 Å². The minimum Gasteiger partial charge on any atom is -0.349 e. The third-order valence-electron chi connectivity index (χ3n) is 3.38. The third-order valence-corrected chi connectivity index (χ3v) is 3.38. The Morgan fingerprint density at radius 3 is 3.06 bits per heavy atom. The molecule has 98 valence electrons. The van der Waals surface area contributed by atoms with Crippen LogP contribution in [-0.4, -0.2) is 19.0 Å². The number of nitrogens with one attached hydrogen (secondary N) is 2. The molecular weight excluding hydrogens is 231 g/mol. The lowest BCUT2D eigenvalue weighted by molar-refractivity contribution is -0.126. The molecule has 2 N–H and O–H groups in total. The summed E-state index contributed by atoms with van der Waals surface area (Å²) in [5.74, 6) is -0.179. The van der Waals surface area contributed by atoms with E-state index in [2.05, 4.69) is 10.6 Å². The highest BCUT2D eigenvalue weighted by molar-refractivity contribution is 5.79. The van der Waals surface area contributed by atoms with Gasteiger partial charge in [0.25, 0.3) is 0 Å². The van der Waals surface area contributed by atoms with Crippen LogP contribution in [0.15, 0.2) is 24.3 Å². The second kappa shape index (κ2) is 5.96. The Hall–Kier alpha value is -1.42. The number of amides is 1. The SMILES string of the molecule is C[C@@H](NC(=O)C1CCCNC1)c1cccc(F)c1. The summed E-state index contributed by atoms with van der Waals surface area (Å²) in [7, 11) is 0. The Morgan fingerprint density at radius 1 is 1.56 bits per heavy atom. The normalized spacial score (nSPS) is 21.3. The van der Waals surface area contributed by atoms with E-state index >= 15 is 0 Å². The van der Waals surface area contributed by atoms with Crippen LogP contribution < -0.4 is 10.6 Å². The van der Waals surface area contributed by atoms with Crippen LogP contribution >= 0.6 is 0 Å². The number of hydrogen-bond acceptors (Lipinski definition) is 2. The highest BCUT2D eigenvalue weighted by atomic mass is 19.1. The zero-order valence-corrected chi connectivity index (χ0v) is 10.6. The van der Waals surface area contributed by atoms with Gasteiger partial charge in [-0.2, -0.15) is 0 Å². The second-order valence-corrected chi connectivity index (χ2v) is 4.83. The molecule has 1 aromatic rings. The summed E-state index contributed by atoms with van der Waals surface area (Å²) in [4.78, 5) is 12.0. The average Bonchev–Trinajstić information content (AvgIpc) is 2.39. The summed E-state index contributed by atoms with van der Waals surface area (Å²) < 4.78 is 13.1. The van der Waals surface area contributed by atoms with Crippen LogP contribution in [0.1, 0.15) is 31.4 Å². The van der Waals surface area contributed by atoms with E-state index in [1.165, 1.54) is 12.1 Å². The van der Waals surface area contributed by atoms with Crippen LogP contribution in [-0.2, 0) is 4.79 Å². The van der Waals surface area contributed by atoms with Crippen molar-refractivity contribution < 1.29 is 9.18 Å². The summed E-state index contributed by atoms with van der Waals surface area (Å²) in [5.41, 5.74) is 0.798. The van der Waals surface area contributed by atoms with E-state index in [1.54, 1.807) is 6.07 Å². The fraction of sp³-hybridized carbons (Fsp3) is 0.500. The lowest BCUT2D eigenvalue weighted by atomic mass is 9.98. The van der Waals surface area contributed by atoms with Gasteiger partial charge in [-0.15, -0.1) is 0 Å². The van der Waals surface area contributed by atoms with E-state index in [4.69, 9.17) is 0 Å². The van der Waals surface area contributed by atoms with Gasteiger partial charge in [-0.05, 0) is 44.0 Å². The fourth-order valence-corrected chi connectivity index (χ4v) is 2.27. The van der Waals surface area contributed by atoms with Gasteiger partial charge in [0.1, 0.15) is 5.82 Å². The second-order valence-electron chi connectivity index (χ2n) is 4.83. The molecule has 0 saturated carbocycles. The van der Waals surface area contributed by atoms with E-state index in [0.29, 0.717) is 0 Å². The molecule has 0 spiro atoms. The first-order valence-corrected chi connectivity index (χ1v) is 6.43. The quantitative estimate of drug-likeness (QED) is 0.861. The van der Waals surface area contributed by atoms with Crippen LogP contribution in [0.4, 0.5) is 4.39 Å². The summed E-state index contributed by atoms with van der Waals surface area (Å²) in [5, 5.41) is 6.16. The summed E-state index contributed by atoms with van der Waals surface area (Å²) in [6.07, 6.45) is 1.96. The monoisotopic (exact) mass is 250 g/mol. The van der Waals surface area contributed by atoms with Gasteiger partial charge in [0, 0.05) is 6.54 Å². The smallest absolute Gasteiger partial charge is 0.224 e. The highest BCUT2D eigenvalue weighted by Crippen LogP contribution is 2.16. The molecule has 1 unspecified atom stereocenters. The number of carbonyl (C=O) groups is 1. The van der Waals surface area contributed by atoms with Gasteiger partial charge in [-0.3, -0.25) is 4.79 Å². The van der Waals surface area contributed by atoms with E-state index in [1.807, 2.05) is 13.0 Å². The van der Waals surface area contributed by atoms with Gasteiger partial charge < -0.3 is 10.6 Å². The lowest BCUT2D eigenvalue weighted by Crippen LogP contribution is -2.41. The predicted molar refractivity (Wildman–Crippen MR) is 68.6 cm³/mol. The third kappa shape index (κ3) is 3.29. The van der Waals surface area contributed by atoms with Crippen LogP contribution in [0.3, 0.4) is 0 Å². The van der Waals surface area contributed by atoms with Gasteiger partial charge in [0.05, 0.1) is 12.0 Å².